The highest BCUT2D eigenvalue weighted by Gasteiger charge is 2.42. The fraction of sp³-hybridized carbons (Fsp3) is 0.290. The number of hydrogen-bond donors (Lipinski definition) is 0. The summed E-state index contributed by atoms with van der Waals surface area (Å²) in [5.41, 5.74) is 4.87. The molecule has 1 aliphatic rings. The van der Waals surface area contributed by atoms with Gasteiger partial charge in [-0.25, -0.2) is 9.59 Å². The molecule has 0 amide bonds. The molecule has 0 unspecified atom stereocenters. The number of fused-ring (bicyclic) bond motifs is 3. The lowest BCUT2D eigenvalue weighted by molar-refractivity contribution is -0.202. The van der Waals surface area contributed by atoms with Gasteiger partial charge in [-0.05, 0) is 44.0 Å². The Balaban J connectivity index is 1.45. The molecule has 2 aromatic carbocycles. The van der Waals surface area contributed by atoms with Crippen LogP contribution >= 0.6 is 11.3 Å². The van der Waals surface area contributed by atoms with E-state index < -0.39 is 36.7 Å². The van der Waals surface area contributed by atoms with Gasteiger partial charge in [-0.15, -0.1) is 21.5 Å². The van der Waals surface area contributed by atoms with Crippen LogP contribution in [0, 0.1) is 20.8 Å². The van der Waals surface area contributed by atoms with Crippen LogP contribution < -0.4 is 9.47 Å². The lowest BCUT2D eigenvalue weighted by Crippen LogP contribution is -2.30. The van der Waals surface area contributed by atoms with Gasteiger partial charge in [0, 0.05) is 27.6 Å². The second-order valence-electron chi connectivity index (χ2n) is 10.2. The minimum absolute atomic E-state index is 0.0227. The van der Waals surface area contributed by atoms with Crippen molar-refractivity contribution in [2.24, 2.45) is 4.99 Å². The van der Waals surface area contributed by atoms with Crippen molar-refractivity contribution in [3.05, 3.63) is 75.7 Å². The van der Waals surface area contributed by atoms with Crippen LogP contribution in [-0.2, 0) is 23.9 Å². The van der Waals surface area contributed by atoms with Crippen LogP contribution in [0.3, 0.4) is 0 Å². The fourth-order valence-electron chi connectivity index (χ4n) is 4.91. The molecule has 0 spiro atoms. The summed E-state index contributed by atoms with van der Waals surface area (Å²) >= 11 is 1.59. The van der Waals surface area contributed by atoms with Crippen LogP contribution in [-0.4, -0.2) is 65.4 Å². The molecular weight excluding hydrogens is 629 g/mol. The Morgan fingerprint density at radius 3 is 2.30 bits per heavy atom. The lowest BCUT2D eigenvalue weighted by Gasteiger charge is -2.14. The van der Waals surface area contributed by atoms with Crippen LogP contribution in [0.1, 0.15) is 45.7 Å². The minimum Gasteiger partial charge on any atom is -0.496 e. The van der Waals surface area contributed by atoms with Crippen LogP contribution in [0.4, 0.5) is 13.2 Å². The third-order valence-electron chi connectivity index (χ3n) is 7.26. The van der Waals surface area contributed by atoms with Gasteiger partial charge in [0.25, 0.3) is 0 Å². The van der Waals surface area contributed by atoms with Crippen molar-refractivity contribution in [3.63, 3.8) is 0 Å². The zero-order chi connectivity index (χ0) is 33.3. The van der Waals surface area contributed by atoms with Crippen molar-refractivity contribution >= 4 is 35.0 Å². The third-order valence-corrected chi connectivity index (χ3v) is 8.46. The van der Waals surface area contributed by atoms with Crippen LogP contribution in [0.2, 0.25) is 0 Å². The molecule has 1 atom stereocenters. The molecule has 46 heavy (non-hydrogen) atoms. The third kappa shape index (κ3) is 6.36. The second kappa shape index (κ2) is 12.7. The van der Waals surface area contributed by atoms with Gasteiger partial charge in [0.05, 0.1) is 26.4 Å². The Morgan fingerprint density at radius 2 is 1.65 bits per heavy atom. The number of benzene rings is 2. The minimum atomic E-state index is -5.30. The molecule has 4 aromatic rings. The van der Waals surface area contributed by atoms with E-state index in [2.05, 4.69) is 14.9 Å². The van der Waals surface area contributed by atoms with Crippen molar-refractivity contribution < 1.29 is 46.5 Å². The van der Waals surface area contributed by atoms with E-state index >= 15 is 0 Å². The number of ether oxygens (including phenoxy) is 4. The molecule has 0 saturated heterocycles. The average molecular weight is 657 g/mol. The number of rotatable bonds is 8. The Morgan fingerprint density at radius 1 is 0.957 bits per heavy atom. The Hall–Kier alpha value is -5.05. The molecule has 5 rings (SSSR count). The van der Waals surface area contributed by atoms with E-state index in [9.17, 15) is 27.6 Å². The number of aryl methyl sites for hydroxylation is 2. The van der Waals surface area contributed by atoms with Crippen LogP contribution in [0.5, 0.6) is 11.5 Å². The van der Waals surface area contributed by atoms with E-state index in [1.54, 1.807) is 17.4 Å². The number of nitrogens with zero attached hydrogens (tertiary/aromatic N) is 4. The zero-order valence-electron chi connectivity index (χ0n) is 25.2. The number of aromatic nitrogens is 3. The molecule has 1 aliphatic heterocycles. The van der Waals surface area contributed by atoms with Gasteiger partial charge >= 0.3 is 24.1 Å². The lowest BCUT2D eigenvalue weighted by atomic mass is 9.96. The van der Waals surface area contributed by atoms with E-state index in [1.807, 2.05) is 49.6 Å². The van der Waals surface area contributed by atoms with Gasteiger partial charge in [0.1, 0.15) is 28.4 Å². The molecule has 240 valence electrons. The highest BCUT2D eigenvalue weighted by molar-refractivity contribution is 7.15. The number of aliphatic imine (C=N–C) groups is 1. The van der Waals surface area contributed by atoms with Gasteiger partial charge in [0.2, 0.25) is 0 Å². The van der Waals surface area contributed by atoms with Crippen LogP contribution in [0.15, 0.2) is 47.5 Å². The number of alkyl halides is 3. The first-order valence-electron chi connectivity index (χ1n) is 13.7. The highest BCUT2D eigenvalue weighted by Crippen LogP contribution is 2.40. The Bertz CT molecular complexity index is 1860. The molecular formula is C31H27F3N4O7S. The summed E-state index contributed by atoms with van der Waals surface area (Å²) in [6, 6.07) is 11.5. The van der Waals surface area contributed by atoms with E-state index in [-0.39, 0.29) is 12.2 Å². The first-order chi connectivity index (χ1) is 21.8. The molecule has 0 aliphatic carbocycles. The normalized spacial score (nSPS) is 14.0. The zero-order valence-corrected chi connectivity index (χ0v) is 26.0. The van der Waals surface area contributed by atoms with E-state index in [0.717, 1.165) is 32.1 Å². The maximum absolute atomic E-state index is 12.4. The first-order valence-corrected chi connectivity index (χ1v) is 14.5. The molecule has 11 nitrogen and oxygen atoms in total. The summed E-state index contributed by atoms with van der Waals surface area (Å²) in [6.45, 7) is 4.99. The number of halogens is 3. The molecule has 0 fully saturated rings. The van der Waals surface area contributed by atoms with Gasteiger partial charge < -0.3 is 18.9 Å². The van der Waals surface area contributed by atoms with Crippen molar-refractivity contribution in [3.8, 4) is 27.6 Å². The van der Waals surface area contributed by atoms with Gasteiger partial charge in [-0.2, -0.15) is 13.2 Å². The Labute approximate surface area is 264 Å². The van der Waals surface area contributed by atoms with Crippen LogP contribution in [0.25, 0.3) is 16.1 Å². The summed E-state index contributed by atoms with van der Waals surface area (Å²) < 4.78 is 58.3. The van der Waals surface area contributed by atoms with Crippen molar-refractivity contribution in [2.75, 3.05) is 20.8 Å². The maximum atomic E-state index is 12.4. The highest BCUT2D eigenvalue weighted by atomic mass is 32.1. The Kier molecular flexibility index (Phi) is 8.96. The molecule has 0 N–H and O–H groups in total. The number of carbonyl (C=O) groups is 3. The molecule has 0 bridgehead atoms. The SMILES string of the molecule is COC(=O)C[C@@H]1N=C(c2ccc(-c3ccc(OCC(=O)OC(=O)C(F)(F)F)cc3OC)cc2)c2c(sc(C)c2C)-n2c(C)nnc21. The summed E-state index contributed by atoms with van der Waals surface area (Å²) in [6.07, 6.45) is -5.32. The first kappa shape index (κ1) is 32.3. The second-order valence-corrected chi connectivity index (χ2v) is 11.4. The maximum Gasteiger partial charge on any atom is 0.491 e. The topological polar surface area (TPSA) is 131 Å². The average Bonchev–Trinajstić information content (AvgIpc) is 3.50. The molecule has 0 saturated carbocycles. The molecule has 2 aromatic heterocycles. The monoisotopic (exact) mass is 656 g/mol. The predicted octanol–water partition coefficient (Wildman–Crippen LogP) is 5.40. The molecule has 0 radical (unpaired) electrons. The predicted molar refractivity (Wildman–Crippen MR) is 160 cm³/mol. The van der Waals surface area contributed by atoms with E-state index in [0.29, 0.717) is 28.7 Å². The summed E-state index contributed by atoms with van der Waals surface area (Å²) in [4.78, 5) is 41.0. The standard InChI is InChI=1S/C31H27F3N4O7S/c1-15-16(2)46-29-26(15)27(35-22(13-24(39)43-5)28-37-36-17(3)38(28)29)19-8-6-18(7-9-19)21-11-10-20(12-23(21)42-4)44-14-25(40)45-30(41)31(32,33)34/h6-12,22H,13-14H2,1-5H3/t22-/m0/s1. The smallest absolute Gasteiger partial charge is 0.491 e. The quantitative estimate of drug-likeness (QED) is 0.181. The van der Waals surface area contributed by atoms with Crippen molar-refractivity contribution in [2.45, 2.75) is 39.4 Å². The number of hydrogen-bond acceptors (Lipinski definition) is 11. The van der Waals surface area contributed by atoms with E-state index in [4.69, 9.17) is 19.2 Å². The summed E-state index contributed by atoms with van der Waals surface area (Å²) in [7, 11) is 2.75. The number of carbonyl (C=O) groups excluding carboxylic acids is 3. The van der Waals surface area contributed by atoms with Gasteiger partial charge in [-0.3, -0.25) is 14.4 Å². The van der Waals surface area contributed by atoms with Gasteiger partial charge in [-0.1, -0.05) is 24.3 Å². The number of esters is 3. The summed E-state index contributed by atoms with van der Waals surface area (Å²) in [5, 5.41) is 9.55. The van der Waals surface area contributed by atoms with E-state index in [1.165, 1.54) is 26.4 Å². The van der Waals surface area contributed by atoms with Crippen molar-refractivity contribution in [1.29, 1.82) is 0 Å². The van der Waals surface area contributed by atoms with Gasteiger partial charge in [0.15, 0.2) is 12.4 Å². The van der Waals surface area contributed by atoms with Crippen molar-refractivity contribution in [1.82, 2.24) is 14.8 Å². The molecule has 15 heteroatoms. The number of methoxy groups -OCH3 is 2. The molecule has 3 heterocycles. The fourth-order valence-corrected chi connectivity index (χ4v) is 6.12. The number of thiophene rings is 1. The largest absolute Gasteiger partial charge is 0.496 e. The summed E-state index contributed by atoms with van der Waals surface area (Å²) in [5.74, 6) is -2.86.